The van der Waals surface area contributed by atoms with Crippen molar-refractivity contribution in [1.29, 1.82) is 0 Å². The summed E-state index contributed by atoms with van der Waals surface area (Å²) < 4.78 is 7.45. The van der Waals surface area contributed by atoms with Crippen LogP contribution >= 0.6 is 11.8 Å². The van der Waals surface area contributed by atoms with E-state index in [1.165, 1.54) is 5.56 Å². The lowest BCUT2D eigenvalue weighted by Gasteiger charge is -2.27. The summed E-state index contributed by atoms with van der Waals surface area (Å²) in [4.78, 5) is 14.9. The molecule has 1 amide bonds. The molecule has 0 radical (unpaired) electrons. The van der Waals surface area contributed by atoms with Gasteiger partial charge >= 0.3 is 0 Å². The van der Waals surface area contributed by atoms with Gasteiger partial charge in [0, 0.05) is 24.4 Å². The van der Waals surface area contributed by atoms with E-state index in [4.69, 9.17) is 4.74 Å². The van der Waals surface area contributed by atoms with Crippen LogP contribution in [0.4, 0.5) is 0 Å². The summed E-state index contributed by atoms with van der Waals surface area (Å²) in [7, 11) is 0. The first-order valence-electron chi connectivity index (χ1n) is 9.71. The molecule has 150 valence electrons. The molecule has 4 rings (SSSR count). The first kappa shape index (κ1) is 19.7. The minimum atomic E-state index is 0.0704. The van der Waals surface area contributed by atoms with Crippen molar-refractivity contribution in [3.63, 3.8) is 0 Å². The number of hydrogen-bond acceptors (Lipinski definition) is 5. The normalized spacial score (nSPS) is 14.2. The maximum absolute atomic E-state index is 13.0. The lowest BCUT2D eigenvalue weighted by Crippen LogP contribution is -2.41. The number of amides is 1. The minimum absolute atomic E-state index is 0.0704. The monoisotopic (exact) mass is 408 g/mol. The maximum Gasteiger partial charge on any atom is 0.254 e. The van der Waals surface area contributed by atoms with Crippen molar-refractivity contribution in [2.75, 3.05) is 26.3 Å². The van der Waals surface area contributed by atoms with Gasteiger partial charge in [-0.1, -0.05) is 48.2 Å². The van der Waals surface area contributed by atoms with Crippen LogP contribution in [-0.4, -0.2) is 51.9 Å². The van der Waals surface area contributed by atoms with Gasteiger partial charge in [-0.25, -0.2) is 0 Å². The van der Waals surface area contributed by atoms with E-state index in [0.717, 1.165) is 27.8 Å². The Balaban J connectivity index is 1.57. The SMILES string of the molecule is Cc1ccccc1-n1c(C)nnc1SCc1ccccc1C(=O)N1CCOCC1. The van der Waals surface area contributed by atoms with Crippen LogP contribution < -0.4 is 0 Å². The number of rotatable bonds is 5. The summed E-state index contributed by atoms with van der Waals surface area (Å²) in [6.07, 6.45) is 0. The number of ether oxygens (including phenoxy) is 1. The molecule has 1 aliphatic rings. The first-order valence-corrected chi connectivity index (χ1v) is 10.7. The second-order valence-corrected chi connectivity index (χ2v) is 7.94. The van der Waals surface area contributed by atoms with Crippen molar-refractivity contribution < 1.29 is 9.53 Å². The Labute approximate surface area is 174 Å². The van der Waals surface area contributed by atoms with Crippen LogP contribution in [0.5, 0.6) is 0 Å². The molecule has 6 nitrogen and oxygen atoms in total. The molecule has 0 N–H and O–H groups in total. The predicted molar refractivity (Wildman–Crippen MR) is 114 cm³/mol. The zero-order valence-electron chi connectivity index (χ0n) is 16.7. The van der Waals surface area contributed by atoms with E-state index >= 15 is 0 Å². The van der Waals surface area contributed by atoms with Crippen LogP contribution in [0, 0.1) is 13.8 Å². The van der Waals surface area contributed by atoms with E-state index in [9.17, 15) is 4.79 Å². The Kier molecular flexibility index (Phi) is 5.97. The van der Waals surface area contributed by atoms with Crippen molar-refractivity contribution in [2.24, 2.45) is 0 Å². The van der Waals surface area contributed by atoms with Crippen LogP contribution in [0.15, 0.2) is 53.7 Å². The molecule has 2 aromatic carbocycles. The zero-order chi connectivity index (χ0) is 20.2. The number of hydrogen-bond donors (Lipinski definition) is 0. The molecule has 3 aromatic rings. The van der Waals surface area contributed by atoms with Crippen molar-refractivity contribution in [3.8, 4) is 5.69 Å². The number of benzene rings is 2. The molecule has 0 aliphatic carbocycles. The second kappa shape index (κ2) is 8.80. The summed E-state index contributed by atoms with van der Waals surface area (Å²) in [5, 5.41) is 9.48. The van der Waals surface area contributed by atoms with Gasteiger partial charge in [0.25, 0.3) is 5.91 Å². The predicted octanol–water partition coefficient (Wildman–Crippen LogP) is 3.65. The summed E-state index contributed by atoms with van der Waals surface area (Å²) in [6.45, 7) is 6.52. The van der Waals surface area contributed by atoms with Crippen molar-refractivity contribution in [2.45, 2.75) is 24.8 Å². The third-order valence-electron chi connectivity index (χ3n) is 5.05. The highest BCUT2D eigenvalue weighted by atomic mass is 32.2. The van der Waals surface area contributed by atoms with E-state index in [1.807, 2.05) is 48.2 Å². The first-order chi connectivity index (χ1) is 14.1. The van der Waals surface area contributed by atoms with Crippen LogP contribution in [0.1, 0.15) is 27.3 Å². The van der Waals surface area contributed by atoms with Crippen LogP contribution in [0.2, 0.25) is 0 Å². The van der Waals surface area contributed by atoms with Crippen LogP contribution in [-0.2, 0) is 10.5 Å². The molecule has 0 atom stereocenters. The Bertz CT molecular complexity index is 1010. The topological polar surface area (TPSA) is 60.2 Å². The van der Waals surface area contributed by atoms with Gasteiger partial charge in [0.05, 0.1) is 18.9 Å². The number of thioether (sulfide) groups is 1. The molecular weight excluding hydrogens is 384 g/mol. The van der Waals surface area contributed by atoms with Gasteiger partial charge in [-0.2, -0.15) is 0 Å². The molecule has 0 spiro atoms. The fraction of sp³-hybridized carbons (Fsp3) is 0.318. The summed E-state index contributed by atoms with van der Waals surface area (Å²) >= 11 is 1.60. The summed E-state index contributed by atoms with van der Waals surface area (Å²) in [5.74, 6) is 1.57. The van der Waals surface area contributed by atoms with E-state index in [2.05, 4.69) is 33.8 Å². The quantitative estimate of drug-likeness (QED) is 0.603. The highest BCUT2D eigenvalue weighted by molar-refractivity contribution is 7.98. The number of carbonyl (C=O) groups excluding carboxylic acids is 1. The molecule has 0 bridgehead atoms. The van der Waals surface area contributed by atoms with Gasteiger partial charge in [-0.15, -0.1) is 10.2 Å². The summed E-state index contributed by atoms with van der Waals surface area (Å²) in [5.41, 5.74) is 4.00. The lowest BCUT2D eigenvalue weighted by molar-refractivity contribution is 0.0302. The largest absolute Gasteiger partial charge is 0.378 e. The molecule has 7 heteroatoms. The standard InChI is InChI=1S/C22H24N4O2S/c1-16-7-3-6-10-20(16)26-17(2)23-24-22(26)29-15-18-8-4-5-9-19(18)21(27)25-11-13-28-14-12-25/h3-10H,11-15H2,1-2H3. The van der Waals surface area contributed by atoms with Gasteiger partial charge in [-0.3, -0.25) is 9.36 Å². The van der Waals surface area contributed by atoms with E-state index in [-0.39, 0.29) is 5.91 Å². The van der Waals surface area contributed by atoms with E-state index in [0.29, 0.717) is 32.1 Å². The Morgan fingerprint density at radius 2 is 1.76 bits per heavy atom. The molecule has 1 aliphatic heterocycles. The molecule has 0 saturated carbocycles. The van der Waals surface area contributed by atoms with E-state index in [1.54, 1.807) is 11.8 Å². The number of nitrogens with zero attached hydrogens (tertiary/aromatic N) is 4. The van der Waals surface area contributed by atoms with Gasteiger partial charge in [0.2, 0.25) is 0 Å². The number of para-hydroxylation sites is 1. The Morgan fingerprint density at radius 1 is 1.03 bits per heavy atom. The molecule has 1 saturated heterocycles. The molecular formula is C22H24N4O2S. The highest BCUT2D eigenvalue weighted by Gasteiger charge is 2.21. The summed E-state index contributed by atoms with van der Waals surface area (Å²) in [6, 6.07) is 16.0. The van der Waals surface area contributed by atoms with E-state index < -0.39 is 0 Å². The third-order valence-corrected chi connectivity index (χ3v) is 6.03. The lowest BCUT2D eigenvalue weighted by atomic mass is 10.1. The molecule has 1 fully saturated rings. The molecule has 1 aromatic heterocycles. The number of morpholine rings is 1. The Hall–Kier alpha value is -2.64. The number of aromatic nitrogens is 3. The fourth-order valence-corrected chi connectivity index (χ4v) is 4.46. The maximum atomic E-state index is 13.0. The van der Waals surface area contributed by atoms with Gasteiger partial charge in [0.15, 0.2) is 5.16 Å². The molecule has 2 heterocycles. The van der Waals surface area contributed by atoms with Crippen molar-refractivity contribution >= 4 is 17.7 Å². The Morgan fingerprint density at radius 3 is 2.55 bits per heavy atom. The molecule has 29 heavy (non-hydrogen) atoms. The fourth-order valence-electron chi connectivity index (χ4n) is 3.46. The zero-order valence-corrected chi connectivity index (χ0v) is 17.5. The van der Waals surface area contributed by atoms with Gasteiger partial charge < -0.3 is 9.64 Å². The second-order valence-electron chi connectivity index (χ2n) is 7.00. The van der Waals surface area contributed by atoms with Crippen molar-refractivity contribution in [1.82, 2.24) is 19.7 Å². The van der Waals surface area contributed by atoms with Crippen molar-refractivity contribution in [3.05, 3.63) is 71.0 Å². The van der Waals surface area contributed by atoms with Crippen LogP contribution in [0.25, 0.3) is 5.69 Å². The smallest absolute Gasteiger partial charge is 0.254 e. The van der Waals surface area contributed by atoms with Gasteiger partial charge in [0.1, 0.15) is 5.82 Å². The minimum Gasteiger partial charge on any atom is -0.378 e. The molecule has 0 unspecified atom stereocenters. The number of aryl methyl sites for hydroxylation is 2. The highest BCUT2D eigenvalue weighted by Crippen LogP contribution is 2.28. The number of carbonyl (C=O) groups is 1. The third kappa shape index (κ3) is 4.21. The average Bonchev–Trinajstić information content (AvgIpc) is 3.13. The average molecular weight is 409 g/mol. The van der Waals surface area contributed by atoms with Crippen LogP contribution in [0.3, 0.4) is 0 Å². The van der Waals surface area contributed by atoms with Gasteiger partial charge in [-0.05, 0) is 37.1 Å².